The molecular formula is C8H9BrF4N2O2S2. The number of hydrogen-bond acceptors (Lipinski definition) is 4. The van der Waals surface area contributed by atoms with Gasteiger partial charge >= 0.3 is 12.3 Å². The minimum atomic E-state index is -4.42. The van der Waals surface area contributed by atoms with Gasteiger partial charge in [0.2, 0.25) is 10.0 Å². The van der Waals surface area contributed by atoms with Gasteiger partial charge in [-0.05, 0) is 22.0 Å². The first-order valence-electron chi connectivity index (χ1n) is 4.74. The predicted octanol–water partition coefficient (Wildman–Crippen LogP) is 2.15. The van der Waals surface area contributed by atoms with Crippen molar-refractivity contribution < 1.29 is 26.0 Å². The van der Waals surface area contributed by atoms with E-state index in [-0.39, 0.29) is 15.2 Å². The molecule has 110 valence electrons. The second-order valence-corrected chi connectivity index (χ2v) is 7.63. The molecule has 0 unspecified atom stereocenters. The zero-order valence-electron chi connectivity index (χ0n) is 9.17. The van der Waals surface area contributed by atoms with Crippen LogP contribution in [0, 0.1) is 0 Å². The third-order valence-corrected chi connectivity index (χ3v) is 5.69. The van der Waals surface area contributed by atoms with Crippen molar-refractivity contribution in [3.8, 4) is 0 Å². The van der Waals surface area contributed by atoms with E-state index in [1.165, 1.54) is 10.8 Å². The van der Waals surface area contributed by atoms with E-state index >= 15 is 0 Å². The van der Waals surface area contributed by atoms with E-state index in [9.17, 15) is 26.0 Å². The Hall–Kier alpha value is -0.230. The summed E-state index contributed by atoms with van der Waals surface area (Å²) in [5.41, 5.74) is 5.31. The average molecular weight is 385 g/mol. The second-order valence-electron chi connectivity index (χ2n) is 3.44. The lowest BCUT2D eigenvalue weighted by atomic mass is 10.4. The summed E-state index contributed by atoms with van der Waals surface area (Å²) < 4.78 is 74.2. The van der Waals surface area contributed by atoms with Crippen LogP contribution in [0.5, 0.6) is 0 Å². The van der Waals surface area contributed by atoms with Crippen LogP contribution in [0.15, 0.2) is 14.7 Å². The Kier molecular flexibility index (Phi) is 5.35. The summed E-state index contributed by atoms with van der Waals surface area (Å²) >= 11 is 3.97. The topological polar surface area (TPSA) is 72.2 Å². The molecule has 0 aliphatic heterocycles. The Bertz CT molecular complexity index is 547. The van der Waals surface area contributed by atoms with E-state index in [0.29, 0.717) is 4.88 Å². The Morgan fingerprint density at radius 1 is 1.47 bits per heavy atom. The van der Waals surface area contributed by atoms with Gasteiger partial charge in [-0.2, -0.15) is 8.78 Å². The molecular weight excluding hydrogens is 376 g/mol. The Balaban J connectivity index is 2.90. The molecule has 0 aromatic carbocycles. The van der Waals surface area contributed by atoms with Crippen molar-refractivity contribution in [3.05, 3.63) is 14.7 Å². The third-order valence-electron chi connectivity index (χ3n) is 2.01. The van der Waals surface area contributed by atoms with Gasteiger partial charge in [0.25, 0.3) is 0 Å². The van der Waals surface area contributed by atoms with Gasteiger partial charge in [0.1, 0.15) is 4.90 Å². The zero-order valence-corrected chi connectivity index (χ0v) is 12.4. The average Bonchev–Trinajstić information content (AvgIpc) is 2.69. The normalized spacial score (nSPS) is 13.2. The SMILES string of the molecule is NCc1cc(S(=O)(=O)NCC(F)(F)C(F)F)c(Br)s1. The lowest BCUT2D eigenvalue weighted by molar-refractivity contribution is -0.122. The molecule has 0 bridgehead atoms. The molecule has 0 atom stereocenters. The van der Waals surface area contributed by atoms with Gasteiger partial charge in [-0.15, -0.1) is 11.3 Å². The van der Waals surface area contributed by atoms with Crippen molar-refractivity contribution in [2.75, 3.05) is 6.54 Å². The zero-order chi connectivity index (χ0) is 14.8. The summed E-state index contributed by atoms with van der Waals surface area (Å²) in [4.78, 5) is 0.205. The number of thiophene rings is 1. The van der Waals surface area contributed by atoms with Crippen LogP contribution in [-0.4, -0.2) is 27.3 Å². The number of nitrogens with two attached hydrogens (primary N) is 1. The molecule has 1 rings (SSSR count). The summed E-state index contributed by atoms with van der Waals surface area (Å²) in [6.45, 7) is -1.60. The van der Waals surface area contributed by atoms with E-state index in [1.807, 2.05) is 0 Å². The molecule has 1 aromatic heterocycles. The van der Waals surface area contributed by atoms with Crippen molar-refractivity contribution in [2.24, 2.45) is 5.73 Å². The highest BCUT2D eigenvalue weighted by Gasteiger charge is 2.41. The van der Waals surface area contributed by atoms with E-state index < -0.39 is 28.9 Å². The Morgan fingerprint density at radius 2 is 2.05 bits per heavy atom. The van der Waals surface area contributed by atoms with Gasteiger partial charge in [-0.1, -0.05) is 0 Å². The van der Waals surface area contributed by atoms with Crippen LogP contribution < -0.4 is 10.5 Å². The molecule has 3 N–H and O–H groups in total. The van der Waals surface area contributed by atoms with Crippen molar-refractivity contribution in [3.63, 3.8) is 0 Å². The van der Waals surface area contributed by atoms with E-state index in [1.54, 1.807) is 0 Å². The molecule has 4 nitrogen and oxygen atoms in total. The summed E-state index contributed by atoms with van der Waals surface area (Å²) in [6.07, 6.45) is -3.94. The molecule has 0 saturated carbocycles. The first-order chi connectivity index (χ1) is 8.60. The van der Waals surface area contributed by atoms with Crippen LogP contribution in [0.1, 0.15) is 4.88 Å². The number of alkyl halides is 4. The Morgan fingerprint density at radius 3 is 2.47 bits per heavy atom. The van der Waals surface area contributed by atoms with Gasteiger partial charge in [0.05, 0.1) is 10.3 Å². The number of sulfonamides is 1. The molecule has 0 radical (unpaired) electrons. The van der Waals surface area contributed by atoms with Crippen LogP contribution in [0.3, 0.4) is 0 Å². The fourth-order valence-electron chi connectivity index (χ4n) is 1.03. The predicted molar refractivity (Wildman–Crippen MR) is 66.0 cm³/mol. The molecule has 1 heterocycles. The number of halogens is 5. The van der Waals surface area contributed by atoms with Crippen LogP contribution >= 0.6 is 27.3 Å². The fourth-order valence-corrected chi connectivity index (χ4v) is 4.63. The maximum atomic E-state index is 12.7. The number of rotatable bonds is 6. The standard InChI is InChI=1S/C8H9BrF4N2O2S2/c9-6-5(1-4(2-14)18-6)19(16,17)15-3-8(12,13)7(10)11/h1,7,15H,2-3,14H2. The number of hydrogen-bond donors (Lipinski definition) is 2. The molecule has 0 spiro atoms. The summed E-state index contributed by atoms with van der Waals surface area (Å²) in [5.74, 6) is -4.42. The Labute approximate surface area is 119 Å². The summed E-state index contributed by atoms with van der Waals surface area (Å²) in [7, 11) is -4.30. The van der Waals surface area contributed by atoms with Gasteiger partial charge in [-0.3, -0.25) is 0 Å². The minimum Gasteiger partial charge on any atom is -0.326 e. The highest BCUT2D eigenvalue weighted by atomic mass is 79.9. The van der Waals surface area contributed by atoms with Crippen LogP contribution in [-0.2, 0) is 16.6 Å². The molecule has 0 fully saturated rings. The lowest BCUT2D eigenvalue weighted by Crippen LogP contribution is -2.41. The van der Waals surface area contributed by atoms with E-state index in [0.717, 1.165) is 11.3 Å². The minimum absolute atomic E-state index is 0.0754. The first kappa shape index (κ1) is 16.8. The largest absolute Gasteiger partial charge is 0.326 e. The fraction of sp³-hybridized carbons (Fsp3) is 0.500. The van der Waals surface area contributed by atoms with Crippen molar-refractivity contribution in [2.45, 2.75) is 23.8 Å². The van der Waals surface area contributed by atoms with Crippen molar-refractivity contribution in [1.82, 2.24) is 4.72 Å². The molecule has 1 aromatic rings. The first-order valence-corrected chi connectivity index (χ1v) is 7.83. The third kappa shape index (κ3) is 4.12. The molecule has 11 heteroatoms. The maximum Gasteiger partial charge on any atom is 0.320 e. The van der Waals surface area contributed by atoms with Crippen molar-refractivity contribution >= 4 is 37.3 Å². The van der Waals surface area contributed by atoms with E-state index in [2.05, 4.69) is 15.9 Å². The summed E-state index contributed by atoms with van der Waals surface area (Å²) in [5, 5.41) is 0. The summed E-state index contributed by atoms with van der Waals surface area (Å²) in [6, 6.07) is 1.19. The lowest BCUT2D eigenvalue weighted by Gasteiger charge is -2.15. The molecule has 0 amide bonds. The molecule has 19 heavy (non-hydrogen) atoms. The van der Waals surface area contributed by atoms with E-state index in [4.69, 9.17) is 5.73 Å². The van der Waals surface area contributed by atoms with Gasteiger partial charge in [0, 0.05) is 11.4 Å². The highest BCUT2D eigenvalue weighted by molar-refractivity contribution is 9.11. The second kappa shape index (κ2) is 6.04. The van der Waals surface area contributed by atoms with Gasteiger partial charge < -0.3 is 5.73 Å². The van der Waals surface area contributed by atoms with Gasteiger partial charge in [-0.25, -0.2) is 21.9 Å². The number of nitrogens with one attached hydrogen (secondary N) is 1. The maximum absolute atomic E-state index is 12.7. The molecule has 0 aliphatic rings. The monoisotopic (exact) mass is 384 g/mol. The highest BCUT2D eigenvalue weighted by Crippen LogP contribution is 2.32. The smallest absolute Gasteiger partial charge is 0.320 e. The van der Waals surface area contributed by atoms with Crippen LogP contribution in [0.2, 0.25) is 0 Å². The molecule has 0 saturated heterocycles. The van der Waals surface area contributed by atoms with Gasteiger partial charge in [0.15, 0.2) is 0 Å². The quantitative estimate of drug-likeness (QED) is 0.738. The van der Waals surface area contributed by atoms with Crippen molar-refractivity contribution in [1.29, 1.82) is 0 Å². The van der Waals surface area contributed by atoms with Crippen LogP contribution in [0.4, 0.5) is 17.6 Å². The molecule has 0 aliphatic carbocycles. The van der Waals surface area contributed by atoms with Crippen LogP contribution in [0.25, 0.3) is 0 Å².